The van der Waals surface area contributed by atoms with Gasteiger partial charge in [-0.05, 0) is 19.4 Å². The smallest absolute Gasteiger partial charge is 0.163 e. The van der Waals surface area contributed by atoms with Crippen LogP contribution in [0.5, 0.6) is 11.5 Å². The summed E-state index contributed by atoms with van der Waals surface area (Å²) in [4.78, 5) is 0. The van der Waals surface area contributed by atoms with E-state index < -0.39 is 0 Å². The van der Waals surface area contributed by atoms with Gasteiger partial charge in [-0.1, -0.05) is 24.3 Å². The Hall–Kier alpha value is -1.44. The number of phenols is 1. The van der Waals surface area contributed by atoms with E-state index in [0.717, 1.165) is 17.6 Å². The summed E-state index contributed by atoms with van der Waals surface area (Å²) in [7, 11) is 1.55. The molecule has 0 aliphatic carbocycles. The first-order valence-electron chi connectivity index (χ1n) is 4.14. The van der Waals surface area contributed by atoms with Gasteiger partial charge < -0.3 is 9.84 Å². The van der Waals surface area contributed by atoms with E-state index in [1.165, 1.54) is 0 Å². The average Bonchev–Trinajstić information content (AvgIpc) is 2.03. The number of rotatable bonds is 3. The quantitative estimate of drug-likeness (QED) is 0.721. The van der Waals surface area contributed by atoms with Crippen molar-refractivity contribution in [3.05, 3.63) is 35.9 Å². The molecule has 0 saturated heterocycles. The van der Waals surface area contributed by atoms with Crippen molar-refractivity contribution in [1.29, 1.82) is 0 Å². The number of methoxy groups -OCH3 is 1. The number of allylic oxidation sites excluding steroid dienone is 1. The lowest BCUT2D eigenvalue weighted by atomic mass is 10.1. The van der Waals surface area contributed by atoms with Crippen molar-refractivity contribution < 1.29 is 9.84 Å². The Kier molecular flexibility index (Phi) is 2.96. The van der Waals surface area contributed by atoms with Crippen molar-refractivity contribution in [3.63, 3.8) is 0 Å². The van der Waals surface area contributed by atoms with Crippen LogP contribution in [0.1, 0.15) is 12.5 Å². The second-order valence-electron chi connectivity index (χ2n) is 3.10. The van der Waals surface area contributed by atoms with Gasteiger partial charge in [0.2, 0.25) is 0 Å². The number of phenolic OH excluding ortho intramolecular Hbond substituents is 1. The molecule has 0 fully saturated rings. The first-order chi connectivity index (χ1) is 6.15. The van der Waals surface area contributed by atoms with Crippen LogP contribution >= 0.6 is 0 Å². The zero-order valence-electron chi connectivity index (χ0n) is 8.00. The molecule has 0 unspecified atom stereocenters. The van der Waals surface area contributed by atoms with Crippen LogP contribution in [-0.4, -0.2) is 12.2 Å². The number of ether oxygens (including phenoxy) is 1. The Labute approximate surface area is 78.5 Å². The molecule has 0 aliphatic rings. The second kappa shape index (κ2) is 3.99. The van der Waals surface area contributed by atoms with Crippen LogP contribution in [0.2, 0.25) is 0 Å². The molecule has 0 radical (unpaired) electrons. The number of hydrogen-bond acceptors (Lipinski definition) is 2. The van der Waals surface area contributed by atoms with Crippen molar-refractivity contribution in [1.82, 2.24) is 0 Å². The number of benzene rings is 1. The molecule has 0 spiro atoms. The summed E-state index contributed by atoms with van der Waals surface area (Å²) in [5.74, 6) is 0.728. The van der Waals surface area contributed by atoms with Gasteiger partial charge in [-0.15, -0.1) is 0 Å². The lowest BCUT2D eigenvalue weighted by molar-refractivity contribution is 0.370. The molecule has 0 aromatic heterocycles. The van der Waals surface area contributed by atoms with Crippen molar-refractivity contribution in [2.24, 2.45) is 0 Å². The Bertz CT molecular complexity index is 316. The molecule has 1 aromatic carbocycles. The fourth-order valence-electron chi connectivity index (χ4n) is 1.27. The van der Waals surface area contributed by atoms with Crippen molar-refractivity contribution in [2.75, 3.05) is 7.11 Å². The van der Waals surface area contributed by atoms with E-state index in [0.29, 0.717) is 5.75 Å². The van der Waals surface area contributed by atoms with Gasteiger partial charge in [0.1, 0.15) is 0 Å². The fourth-order valence-corrected chi connectivity index (χ4v) is 1.27. The zero-order valence-corrected chi connectivity index (χ0v) is 8.00. The molecule has 1 N–H and O–H groups in total. The summed E-state index contributed by atoms with van der Waals surface area (Å²) in [6.45, 7) is 5.77. The normalized spacial score (nSPS) is 9.69. The third-order valence-corrected chi connectivity index (χ3v) is 1.77. The van der Waals surface area contributed by atoms with Crippen LogP contribution < -0.4 is 4.74 Å². The third kappa shape index (κ3) is 2.25. The molecule has 0 heterocycles. The Morgan fingerprint density at radius 3 is 2.77 bits per heavy atom. The molecule has 2 heteroatoms. The summed E-state index contributed by atoms with van der Waals surface area (Å²) < 4.78 is 5.09. The van der Waals surface area contributed by atoms with Crippen LogP contribution in [0.3, 0.4) is 0 Å². The van der Waals surface area contributed by atoms with Gasteiger partial charge in [-0.2, -0.15) is 0 Å². The molecular formula is C11H14O2. The highest BCUT2D eigenvalue weighted by molar-refractivity contribution is 5.46. The summed E-state index contributed by atoms with van der Waals surface area (Å²) in [6.07, 6.45) is 0.734. The maximum absolute atomic E-state index is 9.45. The minimum Gasteiger partial charge on any atom is -0.504 e. The van der Waals surface area contributed by atoms with E-state index >= 15 is 0 Å². The summed E-state index contributed by atoms with van der Waals surface area (Å²) in [5, 5.41) is 9.45. The van der Waals surface area contributed by atoms with Gasteiger partial charge in [0.05, 0.1) is 7.11 Å². The Morgan fingerprint density at radius 2 is 2.23 bits per heavy atom. The summed E-state index contributed by atoms with van der Waals surface area (Å²) >= 11 is 0. The molecule has 70 valence electrons. The highest BCUT2D eigenvalue weighted by Gasteiger charge is 2.06. The third-order valence-electron chi connectivity index (χ3n) is 1.77. The maximum Gasteiger partial charge on any atom is 0.163 e. The Morgan fingerprint density at radius 1 is 1.54 bits per heavy atom. The van der Waals surface area contributed by atoms with Crippen LogP contribution in [0.15, 0.2) is 30.4 Å². The predicted molar refractivity (Wildman–Crippen MR) is 53.2 cm³/mol. The fraction of sp³-hybridized carbons (Fsp3) is 0.273. The first kappa shape index (κ1) is 9.65. The van der Waals surface area contributed by atoms with Gasteiger partial charge in [0.25, 0.3) is 0 Å². The second-order valence-corrected chi connectivity index (χ2v) is 3.10. The minimum absolute atomic E-state index is 0.182. The van der Waals surface area contributed by atoms with Gasteiger partial charge in [0.15, 0.2) is 11.5 Å². The average molecular weight is 178 g/mol. The minimum atomic E-state index is 0.182. The van der Waals surface area contributed by atoms with Gasteiger partial charge in [-0.25, -0.2) is 0 Å². The molecule has 0 aliphatic heterocycles. The molecule has 1 aromatic rings. The lowest BCUT2D eigenvalue weighted by Gasteiger charge is -2.09. The Balaban J connectivity index is 3.05. The van der Waals surface area contributed by atoms with E-state index in [9.17, 15) is 5.11 Å². The standard InChI is InChI=1S/C11H14O2/c1-8(2)7-9-5-4-6-10(12)11(9)13-3/h4-6,12H,1,7H2,2-3H3. The number of para-hydroxylation sites is 1. The summed E-state index contributed by atoms with van der Waals surface area (Å²) in [5.41, 5.74) is 2.01. The van der Waals surface area contributed by atoms with Crippen LogP contribution in [0, 0.1) is 0 Å². The molecule has 0 saturated carbocycles. The highest BCUT2D eigenvalue weighted by atomic mass is 16.5. The number of aromatic hydroxyl groups is 1. The summed E-state index contributed by atoms with van der Waals surface area (Å²) in [6, 6.07) is 5.34. The predicted octanol–water partition coefficient (Wildman–Crippen LogP) is 2.52. The molecule has 2 nitrogen and oxygen atoms in total. The van der Waals surface area contributed by atoms with E-state index in [1.54, 1.807) is 19.2 Å². The van der Waals surface area contributed by atoms with Crippen molar-refractivity contribution >= 4 is 0 Å². The lowest BCUT2D eigenvalue weighted by Crippen LogP contribution is -1.92. The SMILES string of the molecule is C=C(C)Cc1cccc(O)c1OC. The molecule has 1 rings (SSSR count). The molecule has 0 atom stereocenters. The monoisotopic (exact) mass is 178 g/mol. The zero-order chi connectivity index (χ0) is 9.84. The maximum atomic E-state index is 9.45. The first-order valence-corrected chi connectivity index (χ1v) is 4.14. The molecular weight excluding hydrogens is 164 g/mol. The van der Waals surface area contributed by atoms with E-state index in [4.69, 9.17) is 4.74 Å². The number of hydrogen-bond donors (Lipinski definition) is 1. The van der Waals surface area contributed by atoms with E-state index in [-0.39, 0.29) is 5.75 Å². The molecule has 0 amide bonds. The molecule has 0 bridgehead atoms. The molecule has 13 heavy (non-hydrogen) atoms. The van der Waals surface area contributed by atoms with Crippen LogP contribution in [-0.2, 0) is 6.42 Å². The topological polar surface area (TPSA) is 29.5 Å². The largest absolute Gasteiger partial charge is 0.504 e. The van der Waals surface area contributed by atoms with Gasteiger partial charge in [0, 0.05) is 5.56 Å². The van der Waals surface area contributed by atoms with E-state index in [2.05, 4.69) is 6.58 Å². The van der Waals surface area contributed by atoms with Gasteiger partial charge >= 0.3 is 0 Å². The highest BCUT2D eigenvalue weighted by Crippen LogP contribution is 2.30. The van der Waals surface area contributed by atoms with Crippen molar-refractivity contribution in [3.8, 4) is 11.5 Å². The van der Waals surface area contributed by atoms with Crippen LogP contribution in [0.25, 0.3) is 0 Å². The van der Waals surface area contributed by atoms with Crippen molar-refractivity contribution in [2.45, 2.75) is 13.3 Å². The van der Waals surface area contributed by atoms with Gasteiger partial charge in [-0.3, -0.25) is 0 Å². The van der Waals surface area contributed by atoms with Crippen LogP contribution in [0.4, 0.5) is 0 Å². The van der Waals surface area contributed by atoms with E-state index in [1.807, 2.05) is 13.0 Å².